The van der Waals surface area contributed by atoms with Gasteiger partial charge in [0, 0.05) is 39.0 Å². The van der Waals surface area contributed by atoms with Crippen molar-refractivity contribution in [2.45, 2.75) is 18.6 Å². The Labute approximate surface area is 191 Å². The molecule has 2 aliphatic rings. The van der Waals surface area contributed by atoms with E-state index < -0.39 is 17.7 Å². The molecule has 1 N–H and O–H groups in total. The molecule has 1 saturated heterocycles. The Hall–Kier alpha value is -2.94. The normalized spacial score (nSPS) is 20.2. The molecular formula is C24H28F3N3O3. The highest BCUT2D eigenvalue weighted by Crippen LogP contribution is 2.41. The van der Waals surface area contributed by atoms with Gasteiger partial charge in [-0.1, -0.05) is 12.1 Å². The van der Waals surface area contributed by atoms with Gasteiger partial charge in [0.1, 0.15) is 5.75 Å². The van der Waals surface area contributed by atoms with E-state index in [9.17, 15) is 18.0 Å². The van der Waals surface area contributed by atoms with Crippen molar-refractivity contribution in [2.75, 3.05) is 56.8 Å². The number of amides is 1. The molecule has 0 bridgehead atoms. The number of hydrogen-bond donors (Lipinski definition) is 1. The first kappa shape index (κ1) is 23.2. The van der Waals surface area contributed by atoms with Crippen molar-refractivity contribution in [3.63, 3.8) is 0 Å². The van der Waals surface area contributed by atoms with Crippen molar-refractivity contribution in [3.05, 3.63) is 53.6 Å². The van der Waals surface area contributed by atoms with Crippen LogP contribution in [0.3, 0.4) is 0 Å². The second-order valence-electron chi connectivity index (χ2n) is 8.31. The van der Waals surface area contributed by atoms with Crippen molar-refractivity contribution in [1.82, 2.24) is 5.32 Å². The Morgan fingerprint density at radius 1 is 1.12 bits per heavy atom. The van der Waals surface area contributed by atoms with Crippen LogP contribution in [0.25, 0.3) is 0 Å². The molecule has 33 heavy (non-hydrogen) atoms. The quantitative estimate of drug-likeness (QED) is 0.666. The lowest BCUT2D eigenvalue weighted by molar-refractivity contribution is -0.137. The van der Waals surface area contributed by atoms with Gasteiger partial charge < -0.3 is 24.6 Å². The summed E-state index contributed by atoms with van der Waals surface area (Å²) in [6.07, 6.45) is -4.18. The predicted molar refractivity (Wildman–Crippen MR) is 120 cm³/mol. The summed E-state index contributed by atoms with van der Waals surface area (Å²) in [6.45, 7) is 2.53. The Balaban J connectivity index is 1.66. The molecule has 2 heterocycles. The zero-order valence-corrected chi connectivity index (χ0v) is 18.7. The van der Waals surface area contributed by atoms with Crippen LogP contribution < -0.4 is 19.9 Å². The minimum Gasteiger partial charge on any atom is -0.495 e. The van der Waals surface area contributed by atoms with Crippen LogP contribution in [0.4, 0.5) is 24.5 Å². The highest BCUT2D eigenvalue weighted by Gasteiger charge is 2.43. The molecule has 178 valence electrons. The van der Waals surface area contributed by atoms with Gasteiger partial charge in [0.05, 0.1) is 36.9 Å². The first-order chi connectivity index (χ1) is 15.8. The van der Waals surface area contributed by atoms with Gasteiger partial charge in [0.15, 0.2) is 0 Å². The number of anilines is 2. The molecule has 4 rings (SSSR count). The lowest BCUT2D eigenvalue weighted by Gasteiger charge is -2.49. The summed E-state index contributed by atoms with van der Waals surface area (Å²) in [6, 6.07) is 11.4. The molecule has 6 nitrogen and oxygen atoms in total. The number of para-hydroxylation sites is 2. The fourth-order valence-electron chi connectivity index (χ4n) is 4.82. The summed E-state index contributed by atoms with van der Waals surface area (Å²) in [4.78, 5) is 17.4. The molecular weight excluding hydrogens is 435 g/mol. The number of rotatable bonds is 6. The molecule has 2 aliphatic heterocycles. The summed E-state index contributed by atoms with van der Waals surface area (Å²) in [5.74, 6) is 0.0837. The van der Waals surface area contributed by atoms with Gasteiger partial charge in [0.25, 0.3) is 0 Å². The van der Waals surface area contributed by atoms with E-state index in [-0.39, 0.29) is 18.4 Å². The number of ether oxygens (including phenoxy) is 2. The third kappa shape index (κ3) is 4.73. The van der Waals surface area contributed by atoms with Gasteiger partial charge in [-0.05, 0) is 42.3 Å². The van der Waals surface area contributed by atoms with E-state index in [1.54, 1.807) is 20.3 Å². The average Bonchev–Trinajstić information content (AvgIpc) is 2.82. The van der Waals surface area contributed by atoms with E-state index in [0.717, 1.165) is 23.2 Å². The SMILES string of the molecule is COCCNC(=O)[C@H]1Cc2cc(C(F)(F)F)ccc2N2CCN(c3ccccc3OC)C[C@@H]12. The number of fused-ring (bicyclic) bond motifs is 3. The highest BCUT2D eigenvalue weighted by atomic mass is 19.4. The second kappa shape index (κ2) is 9.51. The molecule has 2 aromatic carbocycles. The van der Waals surface area contributed by atoms with Crippen molar-refractivity contribution in [3.8, 4) is 5.75 Å². The van der Waals surface area contributed by atoms with Crippen LogP contribution in [0.1, 0.15) is 11.1 Å². The van der Waals surface area contributed by atoms with Crippen LogP contribution in [0.2, 0.25) is 0 Å². The molecule has 0 spiro atoms. The average molecular weight is 464 g/mol. The van der Waals surface area contributed by atoms with Gasteiger partial charge in [-0.15, -0.1) is 0 Å². The number of nitrogens with one attached hydrogen (secondary N) is 1. The Bertz CT molecular complexity index is 998. The van der Waals surface area contributed by atoms with Gasteiger partial charge in [-0.25, -0.2) is 0 Å². The first-order valence-corrected chi connectivity index (χ1v) is 10.9. The molecule has 0 radical (unpaired) electrons. The van der Waals surface area contributed by atoms with Crippen LogP contribution >= 0.6 is 0 Å². The van der Waals surface area contributed by atoms with Crippen molar-refractivity contribution in [1.29, 1.82) is 0 Å². The molecule has 0 saturated carbocycles. The Morgan fingerprint density at radius 2 is 1.91 bits per heavy atom. The smallest absolute Gasteiger partial charge is 0.416 e. The number of nitrogens with zero attached hydrogens (tertiary/aromatic N) is 2. The number of carbonyl (C=O) groups excluding carboxylic acids is 1. The van der Waals surface area contributed by atoms with Crippen LogP contribution in [0, 0.1) is 5.92 Å². The molecule has 1 amide bonds. The number of hydrogen-bond acceptors (Lipinski definition) is 5. The van der Waals surface area contributed by atoms with E-state index in [1.165, 1.54) is 6.07 Å². The summed E-state index contributed by atoms with van der Waals surface area (Å²) < 4.78 is 50.6. The van der Waals surface area contributed by atoms with Crippen LogP contribution in [-0.2, 0) is 22.1 Å². The molecule has 0 aromatic heterocycles. The van der Waals surface area contributed by atoms with E-state index in [4.69, 9.17) is 9.47 Å². The third-order valence-corrected chi connectivity index (χ3v) is 6.41. The lowest BCUT2D eigenvalue weighted by atomic mass is 9.82. The largest absolute Gasteiger partial charge is 0.495 e. The number of alkyl halides is 3. The maximum Gasteiger partial charge on any atom is 0.416 e. The second-order valence-corrected chi connectivity index (χ2v) is 8.31. The van der Waals surface area contributed by atoms with Crippen molar-refractivity contribution in [2.24, 2.45) is 5.92 Å². The number of methoxy groups -OCH3 is 2. The summed E-state index contributed by atoms with van der Waals surface area (Å²) in [5, 5.41) is 2.88. The maximum atomic E-state index is 13.3. The molecule has 2 atom stereocenters. The van der Waals surface area contributed by atoms with Gasteiger partial charge >= 0.3 is 6.18 Å². The number of carbonyl (C=O) groups is 1. The van der Waals surface area contributed by atoms with Gasteiger partial charge in [-0.3, -0.25) is 4.79 Å². The van der Waals surface area contributed by atoms with E-state index in [0.29, 0.717) is 38.3 Å². The van der Waals surface area contributed by atoms with Gasteiger partial charge in [0.2, 0.25) is 5.91 Å². The molecule has 0 aliphatic carbocycles. The summed E-state index contributed by atoms with van der Waals surface area (Å²) in [5.41, 5.74) is 1.58. The fourth-order valence-corrected chi connectivity index (χ4v) is 4.82. The monoisotopic (exact) mass is 463 g/mol. The zero-order chi connectivity index (χ0) is 23.6. The van der Waals surface area contributed by atoms with E-state index in [2.05, 4.69) is 15.1 Å². The predicted octanol–water partition coefficient (Wildman–Crippen LogP) is 3.34. The standard InChI is InChI=1S/C24H28F3N3O3/c1-32-12-9-28-23(31)18-14-16-13-17(24(25,26)27)7-8-19(16)30-11-10-29(15-21(18)30)20-5-3-4-6-22(20)33-2/h3-8,13,18,21H,9-12,14-15H2,1-2H3,(H,28,31)/t18-,21-/m0/s1. The number of halogens is 3. The van der Waals surface area contributed by atoms with E-state index >= 15 is 0 Å². The minimum absolute atomic E-state index is 0.174. The van der Waals surface area contributed by atoms with Crippen molar-refractivity contribution >= 4 is 17.3 Å². The van der Waals surface area contributed by atoms with Crippen LogP contribution in [0.5, 0.6) is 5.75 Å². The van der Waals surface area contributed by atoms with Crippen molar-refractivity contribution < 1.29 is 27.4 Å². The summed E-state index contributed by atoms with van der Waals surface area (Å²) in [7, 11) is 3.17. The van der Waals surface area contributed by atoms with Gasteiger partial charge in [-0.2, -0.15) is 13.2 Å². The Kier molecular flexibility index (Phi) is 6.69. The topological polar surface area (TPSA) is 54.0 Å². The fraction of sp³-hybridized carbons (Fsp3) is 0.458. The number of piperazine rings is 1. The van der Waals surface area contributed by atoms with Crippen LogP contribution in [-0.4, -0.2) is 59.0 Å². The zero-order valence-electron chi connectivity index (χ0n) is 18.7. The molecule has 0 unspecified atom stereocenters. The maximum absolute atomic E-state index is 13.3. The Morgan fingerprint density at radius 3 is 2.64 bits per heavy atom. The molecule has 9 heteroatoms. The summed E-state index contributed by atoms with van der Waals surface area (Å²) >= 11 is 0. The van der Waals surface area contributed by atoms with E-state index in [1.807, 2.05) is 24.3 Å². The first-order valence-electron chi connectivity index (χ1n) is 10.9. The van der Waals surface area contributed by atoms with Crippen LogP contribution in [0.15, 0.2) is 42.5 Å². The number of benzene rings is 2. The highest BCUT2D eigenvalue weighted by molar-refractivity contribution is 5.82. The molecule has 1 fully saturated rings. The lowest BCUT2D eigenvalue weighted by Crippen LogP contribution is -2.61. The minimum atomic E-state index is -4.43. The third-order valence-electron chi connectivity index (χ3n) is 6.41. The molecule has 2 aromatic rings.